The number of halogens is 3. The topological polar surface area (TPSA) is 49.7 Å². The largest absolute Gasteiger partial charge is 0.491 e. The van der Waals surface area contributed by atoms with Gasteiger partial charge in [0.2, 0.25) is 0 Å². The third-order valence-electron chi connectivity index (χ3n) is 2.09. The number of hydrogen-bond donors (Lipinski definition) is 2. The molecule has 0 saturated heterocycles. The molecule has 0 heterocycles. The summed E-state index contributed by atoms with van der Waals surface area (Å²) in [5, 5.41) is 18.7. The molecule has 2 unspecified atom stereocenters. The summed E-state index contributed by atoms with van der Waals surface area (Å²) in [6, 6.07) is 1.78. The molecule has 0 saturated carbocycles. The van der Waals surface area contributed by atoms with Gasteiger partial charge >= 0.3 is 0 Å². The molecule has 2 atom stereocenters. The van der Waals surface area contributed by atoms with Crippen molar-refractivity contribution in [1.29, 1.82) is 0 Å². The molecule has 0 spiro atoms. The molecule has 0 aliphatic heterocycles. The van der Waals surface area contributed by atoms with Crippen molar-refractivity contribution in [3.05, 3.63) is 29.3 Å². The molecule has 6 heteroatoms. The second-order valence-electron chi connectivity index (χ2n) is 3.18. The Balaban J connectivity index is 3.08. The zero-order valence-corrected chi connectivity index (χ0v) is 9.21. The van der Waals surface area contributed by atoms with E-state index in [1.54, 1.807) is 0 Å². The number of aliphatic hydroxyl groups is 2. The van der Waals surface area contributed by atoms with Gasteiger partial charge in [-0.15, -0.1) is 11.6 Å². The van der Waals surface area contributed by atoms with Gasteiger partial charge in [-0.25, -0.2) is 8.78 Å². The molecule has 3 nitrogen and oxygen atoms in total. The Hall–Kier alpha value is -0.910. The molecule has 0 amide bonds. The van der Waals surface area contributed by atoms with Crippen LogP contribution in [0.4, 0.5) is 8.78 Å². The number of aliphatic hydroxyl groups excluding tert-OH is 2. The van der Waals surface area contributed by atoms with Crippen molar-refractivity contribution < 1.29 is 23.7 Å². The highest BCUT2D eigenvalue weighted by atomic mass is 35.5. The molecule has 2 N–H and O–H groups in total. The molecule has 0 aromatic heterocycles. The Bertz CT molecular complexity index is 350. The summed E-state index contributed by atoms with van der Waals surface area (Å²) in [5.41, 5.74) is -0.0936. The summed E-state index contributed by atoms with van der Waals surface area (Å²) in [4.78, 5) is 0. The first-order chi connectivity index (χ1) is 7.51. The minimum atomic E-state index is -1.44. The molecule has 1 aromatic carbocycles. The van der Waals surface area contributed by atoms with Crippen LogP contribution in [0.3, 0.4) is 0 Å². The maximum Gasteiger partial charge on any atom is 0.190 e. The minimum absolute atomic E-state index is 0.0936. The third-order valence-corrected chi connectivity index (χ3v) is 2.41. The molecular weight excluding hydrogens is 242 g/mol. The van der Waals surface area contributed by atoms with Crippen LogP contribution in [0.5, 0.6) is 5.75 Å². The highest BCUT2D eigenvalue weighted by molar-refractivity contribution is 6.18. The van der Waals surface area contributed by atoms with Crippen molar-refractivity contribution in [3.63, 3.8) is 0 Å². The summed E-state index contributed by atoms with van der Waals surface area (Å²) in [6.07, 6.45) is -2.72. The van der Waals surface area contributed by atoms with Crippen molar-refractivity contribution >= 4 is 11.6 Å². The molecule has 0 bridgehead atoms. The molecule has 90 valence electrons. The fraction of sp³-hybridized carbons (Fsp3) is 0.400. The SMILES string of the molecule is COc1c(F)cc(C(O)C(O)CCl)cc1F. The molecule has 0 aliphatic carbocycles. The van der Waals surface area contributed by atoms with Gasteiger partial charge in [-0.05, 0) is 17.7 Å². The van der Waals surface area contributed by atoms with Crippen LogP contribution in [0.25, 0.3) is 0 Å². The lowest BCUT2D eigenvalue weighted by Gasteiger charge is -2.16. The van der Waals surface area contributed by atoms with E-state index in [2.05, 4.69) is 4.74 Å². The number of rotatable bonds is 4. The maximum atomic E-state index is 13.2. The van der Waals surface area contributed by atoms with Gasteiger partial charge in [0.05, 0.1) is 19.1 Å². The fourth-order valence-electron chi connectivity index (χ4n) is 1.25. The predicted molar refractivity (Wildman–Crippen MR) is 54.6 cm³/mol. The van der Waals surface area contributed by atoms with Crippen LogP contribution in [0.2, 0.25) is 0 Å². The van der Waals surface area contributed by atoms with Crippen molar-refractivity contribution in [2.24, 2.45) is 0 Å². The van der Waals surface area contributed by atoms with Crippen LogP contribution >= 0.6 is 11.6 Å². The summed E-state index contributed by atoms with van der Waals surface area (Å²) < 4.78 is 31.0. The van der Waals surface area contributed by atoms with Crippen LogP contribution in [0.1, 0.15) is 11.7 Å². The summed E-state index contributed by atoms with van der Waals surface area (Å²) in [6.45, 7) is 0. The quantitative estimate of drug-likeness (QED) is 0.801. The molecule has 0 fully saturated rings. The van der Waals surface area contributed by atoms with E-state index in [0.29, 0.717) is 0 Å². The normalized spacial score (nSPS) is 14.6. The van der Waals surface area contributed by atoms with Gasteiger partial charge in [0.25, 0.3) is 0 Å². The molecule has 16 heavy (non-hydrogen) atoms. The molecular formula is C10H11ClF2O3. The van der Waals surface area contributed by atoms with Gasteiger partial charge in [0.1, 0.15) is 6.10 Å². The number of benzene rings is 1. The van der Waals surface area contributed by atoms with E-state index < -0.39 is 29.6 Å². The van der Waals surface area contributed by atoms with E-state index in [1.807, 2.05) is 0 Å². The van der Waals surface area contributed by atoms with Crippen molar-refractivity contribution in [3.8, 4) is 5.75 Å². The van der Waals surface area contributed by atoms with Crippen LogP contribution in [0, 0.1) is 11.6 Å². The summed E-state index contributed by atoms with van der Waals surface area (Å²) in [5.74, 6) is -2.66. The second kappa shape index (κ2) is 5.43. The molecule has 0 radical (unpaired) electrons. The van der Waals surface area contributed by atoms with Gasteiger partial charge < -0.3 is 14.9 Å². The Morgan fingerprint density at radius 3 is 2.19 bits per heavy atom. The van der Waals surface area contributed by atoms with Crippen LogP contribution < -0.4 is 4.74 Å². The lowest BCUT2D eigenvalue weighted by Crippen LogP contribution is -2.20. The fourth-order valence-corrected chi connectivity index (χ4v) is 1.42. The predicted octanol–water partition coefficient (Wildman–Crippen LogP) is 1.61. The second-order valence-corrected chi connectivity index (χ2v) is 3.49. The lowest BCUT2D eigenvalue weighted by molar-refractivity contribution is 0.0323. The standard InChI is InChI=1S/C10H11ClF2O3/c1-16-10-6(12)2-5(3-7(10)13)9(15)8(14)4-11/h2-3,8-9,14-15H,4H2,1H3. The van der Waals surface area contributed by atoms with Crippen LogP contribution in [0.15, 0.2) is 12.1 Å². The van der Waals surface area contributed by atoms with Gasteiger partial charge in [-0.1, -0.05) is 0 Å². The van der Waals surface area contributed by atoms with Crippen molar-refractivity contribution in [1.82, 2.24) is 0 Å². The molecule has 1 aromatic rings. The number of hydrogen-bond acceptors (Lipinski definition) is 3. The first kappa shape index (κ1) is 13.2. The number of methoxy groups -OCH3 is 1. The highest BCUT2D eigenvalue weighted by Crippen LogP contribution is 2.27. The maximum absolute atomic E-state index is 13.2. The zero-order valence-electron chi connectivity index (χ0n) is 8.45. The van der Waals surface area contributed by atoms with Gasteiger partial charge in [0.15, 0.2) is 17.4 Å². The van der Waals surface area contributed by atoms with E-state index in [9.17, 15) is 19.0 Å². The highest BCUT2D eigenvalue weighted by Gasteiger charge is 2.21. The van der Waals surface area contributed by atoms with E-state index in [4.69, 9.17) is 11.6 Å². The third kappa shape index (κ3) is 2.61. The lowest BCUT2D eigenvalue weighted by atomic mass is 10.0. The summed E-state index contributed by atoms with van der Waals surface area (Å²) in [7, 11) is 1.13. The van der Waals surface area contributed by atoms with Crippen molar-refractivity contribution in [2.45, 2.75) is 12.2 Å². The zero-order chi connectivity index (χ0) is 12.3. The average Bonchev–Trinajstić information content (AvgIpc) is 2.26. The molecule has 1 rings (SSSR count). The van der Waals surface area contributed by atoms with Gasteiger partial charge in [-0.2, -0.15) is 0 Å². The average molecular weight is 253 g/mol. The summed E-state index contributed by atoms with van der Waals surface area (Å²) >= 11 is 5.31. The monoisotopic (exact) mass is 252 g/mol. The Morgan fingerprint density at radius 1 is 1.31 bits per heavy atom. The Kier molecular flexibility index (Phi) is 4.46. The van der Waals surface area contributed by atoms with E-state index in [-0.39, 0.29) is 11.4 Å². The van der Waals surface area contributed by atoms with Gasteiger partial charge in [-0.3, -0.25) is 0 Å². The molecule has 0 aliphatic rings. The Morgan fingerprint density at radius 2 is 1.81 bits per heavy atom. The number of ether oxygens (including phenoxy) is 1. The van der Waals surface area contributed by atoms with E-state index >= 15 is 0 Å². The van der Waals surface area contributed by atoms with E-state index in [1.165, 1.54) is 0 Å². The van der Waals surface area contributed by atoms with Gasteiger partial charge in [0, 0.05) is 0 Å². The minimum Gasteiger partial charge on any atom is -0.491 e. The van der Waals surface area contributed by atoms with Crippen LogP contribution in [-0.2, 0) is 0 Å². The van der Waals surface area contributed by atoms with Crippen LogP contribution in [-0.4, -0.2) is 29.3 Å². The smallest absolute Gasteiger partial charge is 0.190 e. The number of alkyl halides is 1. The Labute approximate surface area is 96.2 Å². The van der Waals surface area contributed by atoms with E-state index in [0.717, 1.165) is 19.2 Å². The first-order valence-corrected chi connectivity index (χ1v) is 4.99. The van der Waals surface area contributed by atoms with Crippen molar-refractivity contribution in [2.75, 3.05) is 13.0 Å². The first-order valence-electron chi connectivity index (χ1n) is 4.46.